The predicted octanol–water partition coefficient (Wildman–Crippen LogP) is 1.23. The molecule has 2 aromatic rings. The van der Waals surface area contributed by atoms with Crippen LogP contribution in [0.1, 0.15) is 0 Å². The molecule has 2 rings (SSSR count). The van der Waals surface area contributed by atoms with Crippen molar-refractivity contribution in [1.82, 2.24) is 9.97 Å². The van der Waals surface area contributed by atoms with Crippen molar-refractivity contribution in [1.29, 1.82) is 0 Å². The molecule has 2 N–H and O–H groups in total. The van der Waals surface area contributed by atoms with Crippen LogP contribution in [0, 0.1) is 0 Å². The van der Waals surface area contributed by atoms with Crippen molar-refractivity contribution in [3.05, 3.63) is 30.7 Å². The van der Waals surface area contributed by atoms with Crippen molar-refractivity contribution in [2.24, 2.45) is 0 Å². The van der Waals surface area contributed by atoms with Gasteiger partial charge in [0.05, 0.1) is 32.4 Å². The maximum absolute atomic E-state index is 12.0. The number of nitrogens with zero attached hydrogens (tertiary/aromatic N) is 1. The van der Waals surface area contributed by atoms with E-state index in [-0.39, 0.29) is 5.03 Å². The lowest BCUT2D eigenvalue weighted by Gasteiger charge is -2.10. The molecule has 0 unspecified atom stereocenters. The third kappa shape index (κ3) is 2.79. The summed E-state index contributed by atoms with van der Waals surface area (Å²) in [6.45, 7) is 0. The summed E-state index contributed by atoms with van der Waals surface area (Å²) in [5.41, 5.74) is 0.368. The number of imidazole rings is 1. The van der Waals surface area contributed by atoms with Gasteiger partial charge < -0.3 is 14.5 Å². The average Bonchev–Trinajstić information content (AvgIpc) is 2.93. The van der Waals surface area contributed by atoms with Gasteiger partial charge in [-0.3, -0.25) is 4.72 Å². The molecule has 0 aliphatic rings. The van der Waals surface area contributed by atoms with E-state index < -0.39 is 10.0 Å². The molecule has 0 aliphatic heterocycles. The summed E-state index contributed by atoms with van der Waals surface area (Å²) in [6, 6.07) is 4.73. The molecule has 1 aromatic carbocycles. The second-order valence-electron chi connectivity index (χ2n) is 3.59. The van der Waals surface area contributed by atoms with Gasteiger partial charge >= 0.3 is 0 Å². The largest absolute Gasteiger partial charge is 0.493 e. The fourth-order valence-electron chi connectivity index (χ4n) is 1.50. The van der Waals surface area contributed by atoms with Gasteiger partial charge in [-0.25, -0.2) is 4.98 Å². The van der Waals surface area contributed by atoms with Crippen molar-refractivity contribution >= 4 is 15.7 Å². The van der Waals surface area contributed by atoms with E-state index in [0.717, 1.165) is 0 Å². The number of hydrogen-bond acceptors (Lipinski definition) is 5. The minimum absolute atomic E-state index is 0.0118. The van der Waals surface area contributed by atoms with Crippen LogP contribution in [0.15, 0.2) is 35.7 Å². The fourth-order valence-corrected chi connectivity index (χ4v) is 2.45. The van der Waals surface area contributed by atoms with Crippen LogP contribution in [0.4, 0.5) is 5.69 Å². The Morgan fingerprint density at radius 3 is 2.53 bits per heavy atom. The smallest absolute Gasteiger partial charge is 0.278 e. The molecule has 0 bridgehead atoms. The normalized spacial score (nSPS) is 11.1. The molecule has 0 spiro atoms. The minimum Gasteiger partial charge on any atom is -0.493 e. The Bertz CT molecular complexity index is 653. The zero-order valence-corrected chi connectivity index (χ0v) is 11.2. The third-order valence-corrected chi connectivity index (χ3v) is 3.71. The number of anilines is 1. The first kappa shape index (κ1) is 13.2. The van der Waals surface area contributed by atoms with E-state index in [1.165, 1.54) is 32.8 Å². The van der Waals surface area contributed by atoms with Gasteiger partial charge in [0.1, 0.15) is 0 Å². The first-order chi connectivity index (χ1) is 9.06. The molecule has 1 aromatic heterocycles. The number of H-pyrrole nitrogens is 1. The fraction of sp³-hybridized carbons (Fsp3) is 0.182. The highest BCUT2D eigenvalue weighted by molar-refractivity contribution is 7.92. The average molecular weight is 283 g/mol. The first-order valence-electron chi connectivity index (χ1n) is 5.30. The maximum atomic E-state index is 12.0. The van der Waals surface area contributed by atoms with Gasteiger partial charge in [0.15, 0.2) is 16.5 Å². The van der Waals surface area contributed by atoms with Gasteiger partial charge in [-0.05, 0) is 12.1 Å². The molecule has 1 heterocycles. The number of hydrogen-bond donors (Lipinski definition) is 2. The Morgan fingerprint density at radius 1 is 1.21 bits per heavy atom. The van der Waals surface area contributed by atoms with E-state index in [1.54, 1.807) is 12.1 Å². The molecule has 102 valence electrons. The third-order valence-electron chi connectivity index (χ3n) is 2.40. The van der Waals surface area contributed by atoms with Gasteiger partial charge in [0.25, 0.3) is 10.0 Å². The predicted molar refractivity (Wildman–Crippen MR) is 68.9 cm³/mol. The molecule has 0 aliphatic carbocycles. The Morgan fingerprint density at radius 2 is 1.95 bits per heavy atom. The second kappa shape index (κ2) is 5.19. The Kier molecular flexibility index (Phi) is 3.61. The van der Waals surface area contributed by atoms with Crippen molar-refractivity contribution in [2.45, 2.75) is 5.03 Å². The van der Waals surface area contributed by atoms with Crippen LogP contribution in [-0.4, -0.2) is 32.6 Å². The lowest BCUT2D eigenvalue weighted by molar-refractivity contribution is 0.355. The quantitative estimate of drug-likeness (QED) is 0.860. The van der Waals surface area contributed by atoms with Crippen LogP contribution >= 0.6 is 0 Å². The highest BCUT2D eigenvalue weighted by Crippen LogP contribution is 2.30. The number of aromatic nitrogens is 2. The molecule has 8 heteroatoms. The number of benzene rings is 1. The Labute approximate surface area is 110 Å². The van der Waals surface area contributed by atoms with Gasteiger partial charge in [-0.15, -0.1) is 0 Å². The van der Waals surface area contributed by atoms with E-state index >= 15 is 0 Å². The molecule has 0 amide bonds. The molecule has 0 saturated heterocycles. The lowest BCUT2D eigenvalue weighted by atomic mass is 10.3. The van der Waals surface area contributed by atoms with Crippen LogP contribution in [0.5, 0.6) is 11.5 Å². The van der Waals surface area contributed by atoms with Crippen molar-refractivity contribution in [3.8, 4) is 11.5 Å². The number of sulfonamides is 1. The lowest BCUT2D eigenvalue weighted by Crippen LogP contribution is -2.13. The summed E-state index contributed by atoms with van der Waals surface area (Å²) in [7, 11) is -0.696. The van der Waals surface area contributed by atoms with E-state index in [9.17, 15) is 8.42 Å². The Balaban J connectivity index is 2.29. The van der Waals surface area contributed by atoms with Gasteiger partial charge in [-0.2, -0.15) is 8.42 Å². The number of nitrogens with one attached hydrogen (secondary N) is 2. The monoisotopic (exact) mass is 283 g/mol. The van der Waals surface area contributed by atoms with E-state index in [4.69, 9.17) is 9.47 Å². The number of ether oxygens (including phenoxy) is 2. The molecule has 0 fully saturated rings. The van der Waals surface area contributed by atoms with Crippen LogP contribution in [0.2, 0.25) is 0 Å². The van der Waals surface area contributed by atoms with Crippen LogP contribution < -0.4 is 14.2 Å². The number of aromatic amines is 1. The Hall–Kier alpha value is -2.22. The van der Waals surface area contributed by atoms with Crippen LogP contribution in [0.25, 0.3) is 0 Å². The summed E-state index contributed by atoms with van der Waals surface area (Å²) >= 11 is 0. The van der Waals surface area contributed by atoms with E-state index in [1.807, 2.05) is 0 Å². The zero-order valence-electron chi connectivity index (χ0n) is 10.4. The first-order valence-corrected chi connectivity index (χ1v) is 6.78. The number of methoxy groups -OCH3 is 2. The second-order valence-corrected chi connectivity index (χ2v) is 5.24. The van der Waals surface area contributed by atoms with Crippen molar-refractivity contribution < 1.29 is 17.9 Å². The number of rotatable bonds is 5. The minimum atomic E-state index is -3.68. The summed E-state index contributed by atoms with van der Waals surface area (Å²) in [5, 5.41) is -0.0118. The summed E-state index contributed by atoms with van der Waals surface area (Å²) < 4.78 is 36.5. The van der Waals surface area contributed by atoms with E-state index in [2.05, 4.69) is 14.7 Å². The topological polar surface area (TPSA) is 93.3 Å². The van der Waals surface area contributed by atoms with Crippen molar-refractivity contribution in [2.75, 3.05) is 18.9 Å². The summed E-state index contributed by atoms with van der Waals surface area (Å²) in [4.78, 5) is 6.20. The maximum Gasteiger partial charge on any atom is 0.278 e. The summed E-state index contributed by atoms with van der Waals surface area (Å²) in [5.74, 6) is 0.958. The highest BCUT2D eigenvalue weighted by atomic mass is 32.2. The van der Waals surface area contributed by atoms with Gasteiger partial charge in [0, 0.05) is 6.07 Å². The molecule has 19 heavy (non-hydrogen) atoms. The molecule has 0 radical (unpaired) electrons. The van der Waals surface area contributed by atoms with E-state index in [0.29, 0.717) is 17.2 Å². The van der Waals surface area contributed by atoms with Crippen LogP contribution in [0.3, 0.4) is 0 Å². The SMILES string of the molecule is COc1ccc(NS(=O)(=O)c2cnc[nH]2)cc1OC. The van der Waals surface area contributed by atoms with Gasteiger partial charge in [-0.1, -0.05) is 0 Å². The molecule has 7 nitrogen and oxygen atoms in total. The molecule has 0 saturated carbocycles. The standard InChI is InChI=1S/C11H13N3O4S/c1-17-9-4-3-8(5-10(9)18-2)14-19(15,16)11-6-12-7-13-11/h3-7,14H,1-2H3,(H,12,13). The molecular formula is C11H13N3O4S. The summed E-state index contributed by atoms with van der Waals surface area (Å²) in [6.07, 6.45) is 2.52. The highest BCUT2D eigenvalue weighted by Gasteiger charge is 2.16. The molecular weight excluding hydrogens is 270 g/mol. The van der Waals surface area contributed by atoms with Gasteiger partial charge in [0.2, 0.25) is 0 Å². The van der Waals surface area contributed by atoms with Crippen molar-refractivity contribution in [3.63, 3.8) is 0 Å². The molecule has 0 atom stereocenters. The zero-order chi connectivity index (χ0) is 13.9. The van der Waals surface area contributed by atoms with Crippen LogP contribution in [-0.2, 0) is 10.0 Å².